The topological polar surface area (TPSA) is 70.5 Å². The number of aromatic nitrogens is 2. The highest BCUT2D eigenvalue weighted by Crippen LogP contribution is 2.24. The first-order chi connectivity index (χ1) is 10.2. The van der Waals surface area contributed by atoms with Crippen molar-refractivity contribution in [3.63, 3.8) is 0 Å². The van der Waals surface area contributed by atoms with E-state index in [1.165, 1.54) is 0 Å². The molecular weight excluding hydrogens is 268 g/mol. The average molecular weight is 296 g/mol. The van der Waals surface area contributed by atoms with Crippen LogP contribution in [0.5, 0.6) is 0 Å². The van der Waals surface area contributed by atoms with Crippen LogP contribution in [0, 0.1) is 6.92 Å². The average Bonchev–Trinajstić information content (AvgIpc) is 2.47. The van der Waals surface area contributed by atoms with Crippen molar-refractivity contribution in [2.45, 2.75) is 33.6 Å². The van der Waals surface area contributed by atoms with Crippen LogP contribution < -0.4 is 10.2 Å². The van der Waals surface area contributed by atoms with E-state index in [2.05, 4.69) is 34.0 Å². The Morgan fingerprint density at radius 3 is 2.57 bits per heavy atom. The lowest BCUT2D eigenvalue weighted by Gasteiger charge is -2.25. The van der Waals surface area contributed by atoms with Gasteiger partial charge < -0.3 is 20.1 Å². The summed E-state index contributed by atoms with van der Waals surface area (Å²) in [5.74, 6) is 2.61. The van der Waals surface area contributed by atoms with Crippen LogP contribution >= 0.6 is 0 Å². The summed E-state index contributed by atoms with van der Waals surface area (Å²) in [4.78, 5) is 11.3. The molecule has 6 nitrogen and oxygen atoms in total. The Bertz CT molecular complexity index is 426. The smallest absolute Gasteiger partial charge is 0.137 e. The lowest BCUT2D eigenvalue weighted by atomic mass is 10.2. The van der Waals surface area contributed by atoms with Gasteiger partial charge in [0.15, 0.2) is 0 Å². The van der Waals surface area contributed by atoms with Gasteiger partial charge in [0.05, 0.1) is 13.2 Å². The van der Waals surface area contributed by atoms with Crippen LogP contribution in [-0.4, -0.2) is 55.0 Å². The zero-order valence-electron chi connectivity index (χ0n) is 13.6. The van der Waals surface area contributed by atoms with Gasteiger partial charge in [0.1, 0.15) is 17.5 Å². The van der Waals surface area contributed by atoms with Crippen LogP contribution in [-0.2, 0) is 11.2 Å². The first kappa shape index (κ1) is 17.7. The first-order valence-electron chi connectivity index (χ1n) is 7.63. The Morgan fingerprint density at radius 1 is 1.24 bits per heavy atom. The van der Waals surface area contributed by atoms with Gasteiger partial charge in [-0.05, 0) is 20.3 Å². The highest BCUT2D eigenvalue weighted by atomic mass is 16.5. The molecule has 1 rings (SSSR count). The molecule has 0 bridgehead atoms. The minimum Gasteiger partial charge on any atom is -0.395 e. The molecule has 0 fully saturated rings. The number of aliphatic hydroxyl groups is 1. The van der Waals surface area contributed by atoms with E-state index in [1.807, 2.05) is 6.92 Å². The molecule has 1 aromatic heterocycles. The molecule has 0 radical (unpaired) electrons. The fourth-order valence-electron chi connectivity index (χ4n) is 2.18. The number of hydrogen-bond acceptors (Lipinski definition) is 6. The largest absolute Gasteiger partial charge is 0.395 e. The summed E-state index contributed by atoms with van der Waals surface area (Å²) in [6.45, 7) is 8.94. The molecule has 0 saturated carbocycles. The van der Waals surface area contributed by atoms with Crippen molar-refractivity contribution in [2.75, 3.05) is 50.2 Å². The molecule has 0 saturated heterocycles. The molecule has 1 heterocycles. The third-order valence-electron chi connectivity index (χ3n) is 3.22. The highest BCUT2D eigenvalue weighted by Gasteiger charge is 2.16. The summed E-state index contributed by atoms with van der Waals surface area (Å²) >= 11 is 0. The second-order valence-corrected chi connectivity index (χ2v) is 4.92. The van der Waals surface area contributed by atoms with Gasteiger partial charge in [0.25, 0.3) is 0 Å². The Hall–Kier alpha value is -1.40. The fourth-order valence-corrected chi connectivity index (χ4v) is 2.18. The molecule has 6 heteroatoms. The van der Waals surface area contributed by atoms with E-state index >= 15 is 0 Å². The predicted octanol–water partition coefficient (Wildman–Crippen LogP) is 1.61. The standard InChI is InChI=1S/C15H28N4O2/c1-5-7-13-17-14(16-6-2)12(3)15(18-13)19(8-10-20)9-11-21-4/h20H,5-11H2,1-4H3,(H,16,17,18). The van der Waals surface area contributed by atoms with Crippen molar-refractivity contribution >= 4 is 11.6 Å². The summed E-state index contributed by atoms with van der Waals surface area (Å²) in [7, 11) is 1.68. The van der Waals surface area contributed by atoms with Crippen LogP contribution in [0.4, 0.5) is 11.6 Å². The maximum Gasteiger partial charge on any atom is 0.137 e. The van der Waals surface area contributed by atoms with Crippen molar-refractivity contribution < 1.29 is 9.84 Å². The van der Waals surface area contributed by atoms with E-state index < -0.39 is 0 Å². The Morgan fingerprint density at radius 2 is 2.00 bits per heavy atom. The predicted molar refractivity (Wildman–Crippen MR) is 86.1 cm³/mol. The Labute approximate surface area is 127 Å². The minimum absolute atomic E-state index is 0.0901. The monoisotopic (exact) mass is 296 g/mol. The summed E-state index contributed by atoms with van der Waals surface area (Å²) in [5.41, 5.74) is 1.02. The second kappa shape index (κ2) is 9.52. The Balaban J connectivity index is 3.14. The van der Waals surface area contributed by atoms with Gasteiger partial charge in [-0.3, -0.25) is 0 Å². The zero-order chi connectivity index (χ0) is 15.7. The summed E-state index contributed by atoms with van der Waals surface area (Å²) in [6.07, 6.45) is 1.86. The number of nitrogens with zero attached hydrogens (tertiary/aromatic N) is 3. The summed E-state index contributed by atoms with van der Waals surface area (Å²) < 4.78 is 5.15. The molecular formula is C15H28N4O2. The van der Waals surface area contributed by atoms with Gasteiger partial charge in [0.2, 0.25) is 0 Å². The van der Waals surface area contributed by atoms with Crippen LogP contribution in [0.25, 0.3) is 0 Å². The first-order valence-corrected chi connectivity index (χ1v) is 7.63. The van der Waals surface area contributed by atoms with Crippen molar-refractivity contribution in [1.29, 1.82) is 0 Å². The number of anilines is 2. The molecule has 0 aliphatic rings. The van der Waals surface area contributed by atoms with Gasteiger partial charge >= 0.3 is 0 Å². The number of nitrogens with one attached hydrogen (secondary N) is 1. The molecule has 1 aromatic rings. The highest BCUT2D eigenvalue weighted by molar-refractivity contribution is 5.58. The molecule has 2 N–H and O–H groups in total. The summed E-state index contributed by atoms with van der Waals surface area (Å²) in [6, 6.07) is 0. The maximum absolute atomic E-state index is 9.29. The molecule has 120 valence electrons. The van der Waals surface area contributed by atoms with Crippen LogP contribution in [0.15, 0.2) is 0 Å². The SMILES string of the molecule is CCCc1nc(NCC)c(C)c(N(CCO)CCOC)n1. The number of ether oxygens (including phenoxy) is 1. The van der Waals surface area contributed by atoms with E-state index in [0.717, 1.165) is 42.4 Å². The number of methoxy groups -OCH3 is 1. The molecule has 0 aliphatic heterocycles. The van der Waals surface area contributed by atoms with Crippen LogP contribution in [0.3, 0.4) is 0 Å². The van der Waals surface area contributed by atoms with E-state index in [4.69, 9.17) is 4.74 Å². The number of aryl methyl sites for hydroxylation is 1. The maximum atomic E-state index is 9.29. The van der Waals surface area contributed by atoms with Crippen molar-refractivity contribution in [1.82, 2.24) is 9.97 Å². The minimum atomic E-state index is 0.0901. The van der Waals surface area contributed by atoms with E-state index in [-0.39, 0.29) is 6.61 Å². The van der Waals surface area contributed by atoms with Crippen molar-refractivity contribution in [2.24, 2.45) is 0 Å². The molecule has 21 heavy (non-hydrogen) atoms. The third kappa shape index (κ3) is 5.13. The lowest BCUT2D eigenvalue weighted by molar-refractivity contribution is 0.202. The number of aliphatic hydroxyl groups excluding tert-OH is 1. The van der Waals surface area contributed by atoms with Gasteiger partial charge in [-0.15, -0.1) is 0 Å². The van der Waals surface area contributed by atoms with Gasteiger partial charge in [-0.25, -0.2) is 9.97 Å². The van der Waals surface area contributed by atoms with Crippen LogP contribution in [0.2, 0.25) is 0 Å². The molecule has 0 atom stereocenters. The zero-order valence-corrected chi connectivity index (χ0v) is 13.6. The fraction of sp³-hybridized carbons (Fsp3) is 0.733. The molecule has 0 aliphatic carbocycles. The van der Waals surface area contributed by atoms with Crippen molar-refractivity contribution in [3.8, 4) is 0 Å². The van der Waals surface area contributed by atoms with E-state index in [9.17, 15) is 5.11 Å². The normalized spacial score (nSPS) is 10.7. The third-order valence-corrected chi connectivity index (χ3v) is 3.22. The lowest BCUT2D eigenvalue weighted by Crippen LogP contribution is -2.32. The Kier molecular flexibility index (Phi) is 8.00. The van der Waals surface area contributed by atoms with Gasteiger partial charge in [-0.1, -0.05) is 6.92 Å². The second-order valence-electron chi connectivity index (χ2n) is 4.92. The van der Waals surface area contributed by atoms with E-state index in [1.54, 1.807) is 7.11 Å². The van der Waals surface area contributed by atoms with Gasteiger partial charge in [-0.2, -0.15) is 0 Å². The van der Waals surface area contributed by atoms with Crippen molar-refractivity contribution in [3.05, 3.63) is 11.4 Å². The molecule has 0 unspecified atom stereocenters. The van der Waals surface area contributed by atoms with Gasteiger partial charge in [0, 0.05) is 38.7 Å². The molecule has 0 spiro atoms. The molecule has 0 amide bonds. The summed E-state index contributed by atoms with van der Waals surface area (Å²) in [5, 5.41) is 12.6. The number of hydrogen-bond donors (Lipinski definition) is 2. The number of rotatable bonds is 10. The quantitative estimate of drug-likeness (QED) is 0.683. The molecule has 0 aromatic carbocycles. The van der Waals surface area contributed by atoms with Crippen LogP contribution in [0.1, 0.15) is 31.7 Å². The van der Waals surface area contributed by atoms with E-state index in [0.29, 0.717) is 19.7 Å².